The van der Waals surface area contributed by atoms with Gasteiger partial charge in [-0.2, -0.15) is 0 Å². The Morgan fingerprint density at radius 1 is 1.22 bits per heavy atom. The van der Waals surface area contributed by atoms with Gasteiger partial charge in [0.15, 0.2) is 0 Å². The molecule has 1 aromatic rings. The number of nitrogens with one attached hydrogen (secondary N) is 1. The largest absolute Gasteiger partial charge is 0.317 e. The SMILES string of the molecule is CCN(Cc1ccc(F)cc1)CC1CCNCC1. The molecule has 18 heavy (non-hydrogen) atoms. The fourth-order valence-corrected chi connectivity index (χ4v) is 2.58. The summed E-state index contributed by atoms with van der Waals surface area (Å²) >= 11 is 0. The average Bonchev–Trinajstić information content (AvgIpc) is 2.41. The van der Waals surface area contributed by atoms with Gasteiger partial charge in [0.25, 0.3) is 0 Å². The number of benzene rings is 1. The van der Waals surface area contributed by atoms with Gasteiger partial charge in [-0.3, -0.25) is 4.90 Å². The van der Waals surface area contributed by atoms with E-state index < -0.39 is 0 Å². The van der Waals surface area contributed by atoms with Crippen LogP contribution in [0, 0.1) is 11.7 Å². The Hall–Kier alpha value is -0.930. The monoisotopic (exact) mass is 250 g/mol. The molecule has 0 spiro atoms. The first-order chi connectivity index (χ1) is 8.78. The van der Waals surface area contributed by atoms with Crippen molar-refractivity contribution in [1.29, 1.82) is 0 Å². The molecule has 0 saturated carbocycles. The van der Waals surface area contributed by atoms with Crippen LogP contribution in [-0.2, 0) is 6.54 Å². The van der Waals surface area contributed by atoms with Crippen LogP contribution in [0.15, 0.2) is 24.3 Å². The van der Waals surface area contributed by atoms with Gasteiger partial charge in [-0.05, 0) is 56.1 Å². The summed E-state index contributed by atoms with van der Waals surface area (Å²) < 4.78 is 12.9. The summed E-state index contributed by atoms with van der Waals surface area (Å²) in [5, 5.41) is 3.40. The lowest BCUT2D eigenvalue weighted by Gasteiger charge is -2.29. The van der Waals surface area contributed by atoms with E-state index in [-0.39, 0.29) is 5.82 Å². The Labute approximate surface area is 109 Å². The van der Waals surface area contributed by atoms with Crippen LogP contribution < -0.4 is 5.32 Å². The van der Waals surface area contributed by atoms with Crippen LogP contribution in [0.5, 0.6) is 0 Å². The quantitative estimate of drug-likeness (QED) is 0.864. The van der Waals surface area contributed by atoms with Crippen molar-refractivity contribution < 1.29 is 4.39 Å². The molecule has 2 nitrogen and oxygen atoms in total. The van der Waals surface area contributed by atoms with Gasteiger partial charge < -0.3 is 5.32 Å². The maximum absolute atomic E-state index is 12.9. The smallest absolute Gasteiger partial charge is 0.123 e. The first-order valence-corrected chi connectivity index (χ1v) is 6.95. The highest BCUT2D eigenvalue weighted by molar-refractivity contribution is 5.15. The van der Waals surface area contributed by atoms with E-state index in [1.807, 2.05) is 12.1 Å². The van der Waals surface area contributed by atoms with Crippen molar-refractivity contribution in [1.82, 2.24) is 10.2 Å². The molecule has 0 atom stereocenters. The molecule has 1 saturated heterocycles. The van der Waals surface area contributed by atoms with E-state index in [1.54, 1.807) is 12.1 Å². The third kappa shape index (κ3) is 4.07. The van der Waals surface area contributed by atoms with Crippen molar-refractivity contribution >= 4 is 0 Å². The van der Waals surface area contributed by atoms with Crippen LogP contribution in [0.2, 0.25) is 0 Å². The van der Waals surface area contributed by atoms with Crippen LogP contribution in [-0.4, -0.2) is 31.1 Å². The van der Waals surface area contributed by atoms with E-state index in [9.17, 15) is 4.39 Å². The predicted molar refractivity (Wildman–Crippen MR) is 72.9 cm³/mol. The van der Waals surface area contributed by atoms with Crippen molar-refractivity contribution in [3.8, 4) is 0 Å². The summed E-state index contributed by atoms with van der Waals surface area (Å²) in [5.41, 5.74) is 1.20. The predicted octanol–water partition coefficient (Wildman–Crippen LogP) is 2.65. The molecule has 1 aliphatic heterocycles. The number of nitrogens with zero attached hydrogens (tertiary/aromatic N) is 1. The summed E-state index contributed by atoms with van der Waals surface area (Å²) in [6.07, 6.45) is 2.56. The van der Waals surface area contributed by atoms with E-state index in [1.165, 1.54) is 18.4 Å². The van der Waals surface area contributed by atoms with Gasteiger partial charge in [0, 0.05) is 13.1 Å². The standard InChI is InChI=1S/C15H23FN2/c1-2-18(12-14-7-9-17-10-8-14)11-13-3-5-15(16)6-4-13/h3-6,14,17H,2,7-12H2,1H3. The lowest BCUT2D eigenvalue weighted by atomic mass is 9.97. The normalized spacial score (nSPS) is 17.3. The second-order valence-electron chi connectivity index (χ2n) is 5.15. The minimum atomic E-state index is -0.153. The molecule has 1 N–H and O–H groups in total. The Morgan fingerprint density at radius 2 is 1.89 bits per heavy atom. The number of hydrogen-bond donors (Lipinski definition) is 1. The molecule has 1 aromatic carbocycles. The highest BCUT2D eigenvalue weighted by atomic mass is 19.1. The van der Waals surface area contributed by atoms with Crippen LogP contribution in [0.25, 0.3) is 0 Å². The summed E-state index contributed by atoms with van der Waals surface area (Å²) in [6.45, 7) is 7.65. The lowest BCUT2D eigenvalue weighted by Crippen LogP contribution is -2.35. The van der Waals surface area contributed by atoms with Gasteiger partial charge in [-0.15, -0.1) is 0 Å². The second-order valence-corrected chi connectivity index (χ2v) is 5.15. The summed E-state index contributed by atoms with van der Waals surface area (Å²) in [7, 11) is 0. The number of piperidine rings is 1. The fraction of sp³-hybridized carbons (Fsp3) is 0.600. The molecular weight excluding hydrogens is 227 g/mol. The molecule has 0 aliphatic carbocycles. The van der Waals surface area contributed by atoms with E-state index in [0.29, 0.717) is 0 Å². The van der Waals surface area contributed by atoms with E-state index in [0.717, 1.165) is 38.6 Å². The third-order valence-corrected chi connectivity index (χ3v) is 3.74. The zero-order chi connectivity index (χ0) is 12.8. The second kappa shape index (κ2) is 6.86. The molecule has 1 heterocycles. The van der Waals surface area contributed by atoms with Gasteiger partial charge in [-0.25, -0.2) is 4.39 Å². The minimum absolute atomic E-state index is 0.153. The summed E-state index contributed by atoms with van der Waals surface area (Å²) in [6, 6.07) is 6.88. The van der Waals surface area contributed by atoms with Crippen molar-refractivity contribution in [2.45, 2.75) is 26.3 Å². The van der Waals surface area contributed by atoms with E-state index in [2.05, 4.69) is 17.1 Å². The Morgan fingerprint density at radius 3 is 2.50 bits per heavy atom. The number of hydrogen-bond acceptors (Lipinski definition) is 2. The van der Waals surface area contributed by atoms with Gasteiger partial charge >= 0.3 is 0 Å². The Kier molecular flexibility index (Phi) is 5.14. The van der Waals surface area contributed by atoms with Crippen molar-refractivity contribution in [2.75, 3.05) is 26.2 Å². The minimum Gasteiger partial charge on any atom is -0.317 e. The third-order valence-electron chi connectivity index (χ3n) is 3.74. The van der Waals surface area contributed by atoms with Crippen LogP contribution in [0.1, 0.15) is 25.3 Å². The summed E-state index contributed by atoms with van der Waals surface area (Å²) in [5.74, 6) is 0.659. The zero-order valence-corrected chi connectivity index (χ0v) is 11.2. The maximum Gasteiger partial charge on any atom is 0.123 e. The van der Waals surface area contributed by atoms with E-state index >= 15 is 0 Å². The Bertz CT molecular complexity index is 344. The first-order valence-electron chi connectivity index (χ1n) is 6.95. The van der Waals surface area contributed by atoms with E-state index in [4.69, 9.17) is 0 Å². The van der Waals surface area contributed by atoms with Gasteiger partial charge in [-0.1, -0.05) is 19.1 Å². The number of halogens is 1. The van der Waals surface area contributed by atoms with Crippen LogP contribution >= 0.6 is 0 Å². The average molecular weight is 250 g/mol. The molecule has 3 heteroatoms. The topological polar surface area (TPSA) is 15.3 Å². The molecule has 0 unspecified atom stereocenters. The molecular formula is C15H23FN2. The highest BCUT2D eigenvalue weighted by Gasteiger charge is 2.16. The van der Waals surface area contributed by atoms with Crippen LogP contribution in [0.3, 0.4) is 0 Å². The van der Waals surface area contributed by atoms with Gasteiger partial charge in [0.05, 0.1) is 0 Å². The molecule has 0 aromatic heterocycles. The molecule has 100 valence electrons. The van der Waals surface area contributed by atoms with Gasteiger partial charge in [0.2, 0.25) is 0 Å². The van der Waals surface area contributed by atoms with Crippen molar-refractivity contribution in [2.24, 2.45) is 5.92 Å². The number of rotatable bonds is 5. The molecule has 0 bridgehead atoms. The Balaban J connectivity index is 1.86. The lowest BCUT2D eigenvalue weighted by molar-refractivity contribution is 0.207. The van der Waals surface area contributed by atoms with Crippen molar-refractivity contribution in [3.63, 3.8) is 0 Å². The van der Waals surface area contributed by atoms with Crippen LogP contribution in [0.4, 0.5) is 4.39 Å². The maximum atomic E-state index is 12.9. The van der Waals surface area contributed by atoms with Gasteiger partial charge in [0.1, 0.15) is 5.82 Å². The van der Waals surface area contributed by atoms with Crippen molar-refractivity contribution in [3.05, 3.63) is 35.6 Å². The first kappa shape index (κ1) is 13.5. The molecule has 1 aliphatic rings. The molecule has 0 radical (unpaired) electrons. The highest BCUT2D eigenvalue weighted by Crippen LogP contribution is 2.15. The summed E-state index contributed by atoms with van der Waals surface area (Å²) in [4.78, 5) is 2.46. The fourth-order valence-electron chi connectivity index (χ4n) is 2.58. The zero-order valence-electron chi connectivity index (χ0n) is 11.2. The molecule has 1 fully saturated rings. The molecule has 2 rings (SSSR count). The molecule has 0 amide bonds.